The molecule has 3 rings (SSSR count). The van der Waals surface area contributed by atoms with Crippen molar-refractivity contribution >= 4 is 11.0 Å². The van der Waals surface area contributed by atoms with Crippen molar-refractivity contribution in [2.24, 2.45) is 0 Å². The molecule has 18 heavy (non-hydrogen) atoms. The summed E-state index contributed by atoms with van der Waals surface area (Å²) in [5, 5.41) is 3.34. The fraction of sp³-hybridized carbons (Fsp3) is 0.429. The Bertz CT molecular complexity index is 549. The Hall–Kier alpha value is -1.68. The number of hydrogen-bond acceptors (Lipinski definition) is 4. The van der Waals surface area contributed by atoms with Crippen LogP contribution in [0.15, 0.2) is 30.5 Å². The molecule has 2 aromatic rings. The van der Waals surface area contributed by atoms with Crippen LogP contribution in [0.2, 0.25) is 0 Å². The number of rotatable bonds is 2. The lowest BCUT2D eigenvalue weighted by Crippen LogP contribution is -2.44. The summed E-state index contributed by atoms with van der Waals surface area (Å²) in [5.41, 5.74) is 1.66. The normalized spacial score (nSPS) is 18.7. The van der Waals surface area contributed by atoms with Gasteiger partial charge in [0.25, 0.3) is 0 Å². The maximum absolute atomic E-state index is 6.04. The molecule has 2 heterocycles. The zero-order valence-corrected chi connectivity index (χ0v) is 10.5. The molecular formula is C14H17N3O. The van der Waals surface area contributed by atoms with Gasteiger partial charge in [0.15, 0.2) is 0 Å². The molecule has 4 heteroatoms. The summed E-state index contributed by atoms with van der Waals surface area (Å²) >= 11 is 0. The van der Waals surface area contributed by atoms with E-state index in [4.69, 9.17) is 4.74 Å². The van der Waals surface area contributed by atoms with Crippen molar-refractivity contribution in [3.05, 3.63) is 30.5 Å². The summed E-state index contributed by atoms with van der Waals surface area (Å²) in [6.45, 7) is 4.14. The van der Waals surface area contributed by atoms with Gasteiger partial charge in [0.2, 0.25) is 5.88 Å². The summed E-state index contributed by atoms with van der Waals surface area (Å²) in [4.78, 5) is 8.88. The first-order valence-corrected chi connectivity index (χ1v) is 6.37. The molecule has 0 unspecified atom stereocenters. The Morgan fingerprint density at radius 2 is 1.89 bits per heavy atom. The lowest BCUT2D eigenvalue weighted by atomic mass is 9.95. The average molecular weight is 243 g/mol. The second kappa shape index (κ2) is 4.53. The standard InChI is InChI=1S/C14H17N3O/c1-14(6-8-15-9-7-14)18-13-10-16-11-4-2-3-5-12(11)17-13/h2-5,10,15H,6-9H2,1H3. The van der Waals surface area contributed by atoms with Gasteiger partial charge in [-0.05, 0) is 45.0 Å². The minimum Gasteiger partial charge on any atom is -0.470 e. The fourth-order valence-corrected chi connectivity index (χ4v) is 2.30. The number of nitrogens with one attached hydrogen (secondary N) is 1. The van der Waals surface area contributed by atoms with E-state index >= 15 is 0 Å². The van der Waals surface area contributed by atoms with Gasteiger partial charge in [0.1, 0.15) is 5.60 Å². The fourth-order valence-electron chi connectivity index (χ4n) is 2.30. The van der Waals surface area contributed by atoms with Crippen molar-refractivity contribution in [1.82, 2.24) is 15.3 Å². The van der Waals surface area contributed by atoms with Crippen LogP contribution in [0.4, 0.5) is 0 Å². The predicted octanol–water partition coefficient (Wildman–Crippen LogP) is 2.15. The van der Waals surface area contributed by atoms with Crippen LogP contribution in [-0.4, -0.2) is 28.7 Å². The predicted molar refractivity (Wildman–Crippen MR) is 70.7 cm³/mol. The monoisotopic (exact) mass is 243 g/mol. The zero-order chi connectivity index (χ0) is 12.4. The second-order valence-electron chi connectivity index (χ2n) is 5.00. The first kappa shape index (κ1) is 11.4. The summed E-state index contributed by atoms with van der Waals surface area (Å²) in [6, 6.07) is 7.84. The molecule has 0 saturated carbocycles. The van der Waals surface area contributed by atoms with Crippen LogP contribution < -0.4 is 10.1 Å². The Morgan fingerprint density at radius 1 is 1.17 bits per heavy atom. The van der Waals surface area contributed by atoms with Gasteiger partial charge >= 0.3 is 0 Å². The molecule has 1 aliphatic heterocycles. The maximum atomic E-state index is 6.04. The molecule has 4 nitrogen and oxygen atoms in total. The number of fused-ring (bicyclic) bond motifs is 1. The highest BCUT2D eigenvalue weighted by Crippen LogP contribution is 2.25. The molecular weight excluding hydrogens is 226 g/mol. The molecule has 1 fully saturated rings. The van der Waals surface area contributed by atoms with E-state index in [1.807, 2.05) is 24.3 Å². The third kappa shape index (κ3) is 2.29. The number of para-hydroxylation sites is 2. The Morgan fingerprint density at radius 3 is 2.67 bits per heavy atom. The lowest BCUT2D eigenvalue weighted by molar-refractivity contribution is 0.0508. The number of benzene rings is 1. The minimum absolute atomic E-state index is 0.123. The van der Waals surface area contributed by atoms with Gasteiger partial charge in [-0.1, -0.05) is 12.1 Å². The molecule has 1 N–H and O–H groups in total. The van der Waals surface area contributed by atoms with Crippen LogP contribution in [0.5, 0.6) is 5.88 Å². The largest absolute Gasteiger partial charge is 0.470 e. The number of hydrogen-bond donors (Lipinski definition) is 1. The molecule has 0 spiro atoms. The highest BCUT2D eigenvalue weighted by molar-refractivity contribution is 5.73. The van der Waals surface area contributed by atoms with Gasteiger partial charge < -0.3 is 10.1 Å². The molecule has 0 bridgehead atoms. The first-order chi connectivity index (χ1) is 8.75. The molecule has 0 aliphatic carbocycles. The molecule has 1 aliphatic rings. The Labute approximate surface area is 106 Å². The number of piperidine rings is 1. The van der Waals surface area contributed by atoms with Crippen molar-refractivity contribution in [2.45, 2.75) is 25.4 Å². The van der Waals surface area contributed by atoms with Crippen molar-refractivity contribution in [2.75, 3.05) is 13.1 Å². The van der Waals surface area contributed by atoms with E-state index in [9.17, 15) is 0 Å². The molecule has 0 radical (unpaired) electrons. The van der Waals surface area contributed by atoms with Gasteiger partial charge in [-0.2, -0.15) is 0 Å². The number of ether oxygens (including phenoxy) is 1. The third-order valence-electron chi connectivity index (χ3n) is 3.44. The van der Waals surface area contributed by atoms with Gasteiger partial charge in [-0.15, -0.1) is 0 Å². The summed E-state index contributed by atoms with van der Waals surface area (Å²) < 4.78 is 6.04. The lowest BCUT2D eigenvalue weighted by Gasteiger charge is -2.33. The van der Waals surface area contributed by atoms with Crippen molar-refractivity contribution in [3.8, 4) is 5.88 Å². The molecule has 0 amide bonds. The topological polar surface area (TPSA) is 47.0 Å². The highest BCUT2D eigenvalue weighted by Gasteiger charge is 2.29. The molecule has 0 atom stereocenters. The van der Waals surface area contributed by atoms with Crippen LogP contribution in [0.1, 0.15) is 19.8 Å². The molecule has 94 valence electrons. The van der Waals surface area contributed by atoms with Crippen molar-refractivity contribution < 1.29 is 4.74 Å². The van der Waals surface area contributed by atoms with Gasteiger partial charge in [-0.25, -0.2) is 9.97 Å². The van der Waals surface area contributed by atoms with Crippen molar-refractivity contribution in [1.29, 1.82) is 0 Å². The van der Waals surface area contributed by atoms with Crippen LogP contribution in [0.3, 0.4) is 0 Å². The van der Waals surface area contributed by atoms with Gasteiger partial charge in [0, 0.05) is 0 Å². The van der Waals surface area contributed by atoms with E-state index in [0.29, 0.717) is 5.88 Å². The van der Waals surface area contributed by atoms with E-state index in [1.54, 1.807) is 6.20 Å². The van der Waals surface area contributed by atoms with Crippen LogP contribution >= 0.6 is 0 Å². The number of aromatic nitrogens is 2. The van der Waals surface area contributed by atoms with Crippen LogP contribution in [-0.2, 0) is 0 Å². The summed E-state index contributed by atoms with van der Waals surface area (Å²) in [6.07, 6.45) is 3.72. The van der Waals surface area contributed by atoms with E-state index in [-0.39, 0.29) is 5.60 Å². The summed E-state index contributed by atoms with van der Waals surface area (Å²) in [7, 11) is 0. The van der Waals surface area contributed by atoms with E-state index in [1.165, 1.54) is 0 Å². The van der Waals surface area contributed by atoms with Crippen LogP contribution in [0.25, 0.3) is 11.0 Å². The van der Waals surface area contributed by atoms with E-state index < -0.39 is 0 Å². The SMILES string of the molecule is CC1(Oc2cnc3ccccc3n2)CCNCC1. The number of nitrogens with zero attached hydrogens (tertiary/aromatic N) is 2. The minimum atomic E-state index is -0.123. The van der Waals surface area contributed by atoms with Crippen molar-refractivity contribution in [3.63, 3.8) is 0 Å². The second-order valence-corrected chi connectivity index (χ2v) is 5.00. The van der Waals surface area contributed by atoms with E-state index in [0.717, 1.165) is 37.0 Å². The summed E-state index contributed by atoms with van der Waals surface area (Å²) in [5.74, 6) is 0.623. The third-order valence-corrected chi connectivity index (χ3v) is 3.44. The maximum Gasteiger partial charge on any atom is 0.233 e. The Balaban J connectivity index is 1.85. The van der Waals surface area contributed by atoms with Gasteiger partial charge in [-0.3, -0.25) is 0 Å². The average Bonchev–Trinajstić information content (AvgIpc) is 2.39. The highest BCUT2D eigenvalue weighted by atomic mass is 16.5. The Kier molecular flexibility index (Phi) is 2.88. The molecule has 1 saturated heterocycles. The molecule has 1 aromatic carbocycles. The quantitative estimate of drug-likeness (QED) is 0.878. The molecule has 1 aromatic heterocycles. The van der Waals surface area contributed by atoms with Crippen LogP contribution in [0, 0.1) is 0 Å². The smallest absolute Gasteiger partial charge is 0.233 e. The first-order valence-electron chi connectivity index (χ1n) is 6.37. The van der Waals surface area contributed by atoms with E-state index in [2.05, 4.69) is 22.2 Å². The zero-order valence-electron chi connectivity index (χ0n) is 10.5. The van der Waals surface area contributed by atoms with Gasteiger partial charge in [0.05, 0.1) is 17.2 Å².